The number of hydrogen-bond acceptors (Lipinski definition) is 4. The summed E-state index contributed by atoms with van der Waals surface area (Å²) in [6, 6.07) is 3.13. The molecule has 2 rings (SSSR count). The lowest BCUT2D eigenvalue weighted by molar-refractivity contribution is -0.148. The van der Waals surface area contributed by atoms with E-state index in [2.05, 4.69) is 5.32 Å². The summed E-state index contributed by atoms with van der Waals surface area (Å²) in [4.78, 5) is 1.68. The number of halogens is 5. The minimum absolute atomic E-state index is 0. The highest BCUT2D eigenvalue weighted by Gasteiger charge is 2.37. The molecule has 4 nitrogen and oxygen atoms in total. The molecule has 1 aliphatic rings. The third kappa shape index (κ3) is 5.39. The Morgan fingerprint density at radius 1 is 1.14 bits per heavy atom. The molecule has 0 radical (unpaired) electrons. The first-order chi connectivity index (χ1) is 9.38. The summed E-state index contributed by atoms with van der Waals surface area (Å²) in [5.41, 5.74) is 0.115. The number of nitrogens with zero attached hydrogens (tertiary/aromatic N) is 1. The van der Waals surface area contributed by atoms with Crippen molar-refractivity contribution in [2.45, 2.75) is 18.6 Å². The van der Waals surface area contributed by atoms with Crippen LogP contribution in [0.4, 0.5) is 13.2 Å². The molecule has 0 amide bonds. The van der Waals surface area contributed by atoms with Gasteiger partial charge in [0, 0.05) is 37.8 Å². The van der Waals surface area contributed by atoms with E-state index < -0.39 is 30.1 Å². The van der Waals surface area contributed by atoms with E-state index >= 15 is 0 Å². The van der Waals surface area contributed by atoms with Crippen molar-refractivity contribution in [3.63, 3.8) is 0 Å². The summed E-state index contributed by atoms with van der Waals surface area (Å²) in [5.74, 6) is -0.870. The molecule has 0 unspecified atom stereocenters. The Kier molecular flexibility index (Phi) is 8.32. The van der Waals surface area contributed by atoms with E-state index in [1.54, 1.807) is 4.90 Å². The molecule has 3 N–H and O–H groups in total. The normalized spacial score (nSPS) is 17.2. The molecule has 22 heavy (non-hydrogen) atoms. The molecule has 1 aromatic carbocycles. The number of benzene rings is 1. The first kappa shape index (κ1) is 21.1. The van der Waals surface area contributed by atoms with E-state index in [9.17, 15) is 23.4 Å². The van der Waals surface area contributed by atoms with Crippen LogP contribution in [-0.2, 0) is 0 Å². The predicted molar refractivity (Wildman–Crippen MR) is 82.1 cm³/mol. The molecule has 0 bridgehead atoms. The smallest absolute Gasteiger partial charge is 0.390 e. The number of hydrogen-bond donors (Lipinski definition) is 3. The van der Waals surface area contributed by atoms with Crippen LogP contribution in [0.3, 0.4) is 0 Å². The largest absolute Gasteiger partial charge is 0.504 e. The Labute approximate surface area is 139 Å². The highest BCUT2D eigenvalue weighted by molar-refractivity contribution is 5.85. The third-order valence-corrected chi connectivity index (χ3v) is 3.42. The van der Waals surface area contributed by atoms with E-state index in [0.717, 1.165) is 0 Å². The van der Waals surface area contributed by atoms with Gasteiger partial charge in [0.15, 0.2) is 11.5 Å². The second kappa shape index (κ2) is 8.67. The fourth-order valence-corrected chi connectivity index (χ4v) is 2.47. The lowest BCUT2D eigenvalue weighted by Crippen LogP contribution is -2.46. The van der Waals surface area contributed by atoms with Crippen LogP contribution in [0.15, 0.2) is 18.2 Å². The van der Waals surface area contributed by atoms with Gasteiger partial charge in [-0.15, -0.1) is 24.8 Å². The van der Waals surface area contributed by atoms with Crippen LogP contribution >= 0.6 is 24.8 Å². The van der Waals surface area contributed by atoms with Gasteiger partial charge in [-0.05, 0) is 6.07 Å². The summed E-state index contributed by atoms with van der Waals surface area (Å²) < 4.78 is 38.4. The maximum atomic E-state index is 12.8. The molecule has 1 atom stereocenters. The summed E-state index contributed by atoms with van der Waals surface area (Å²) in [5, 5.41) is 22.4. The summed E-state index contributed by atoms with van der Waals surface area (Å²) in [7, 11) is 0. The molecular weight excluding hydrogens is 344 g/mol. The first-order valence-corrected chi connectivity index (χ1v) is 6.41. The van der Waals surface area contributed by atoms with E-state index in [-0.39, 0.29) is 30.4 Å². The SMILES string of the molecule is Cl.Cl.Oc1cccc([C@@H](CC(F)(F)F)N2CCNCC2)c1O. The number of phenolic OH excluding ortho intramolecular Hbond substituents is 2. The van der Waals surface area contributed by atoms with Crippen molar-refractivity contribution < 1.29 is 23.4 Å². The monoisotopic (exact) mass is 362 g/mol. The minimum Gasteiger partial charge on any atom is -0.504 e. The average Bonchev–Trinajstić information content (AvgIpc) is 2.40. The Morgan fingerprint density at radius 2 is 1.73 bits per heavy atom. The van der Waals surface area contributed by atoms with Gasteiger partial charge < -0.3 is 15.5 Å². The van der Waals surface area contributed by atoms with Crippen molar-refractivity contribution in [1.29, 1.82) is 0 Å². The minimum atomic E-state index is -4.34. The fourth-order valence-electron chi connectivity index (χ4n) is 2.47. The number of rotatable bonds is 3. The van der Waals surface area contributed by atoms with Gasteiger partial charge in [0.05, 0.1) is 6.42 Å². The highest BCUT2D eigenvalue weighted by atomic mass is 35.5. The molecule has 9 heteroatoms. The second-order valence-electron chi connectivity index (χ2n) is 4.84. The molecule has 1 aliphatic heterocycles. The Hall–Kier alpha value is -0.890. The Bertz CT molecular complexity index is 469. The quantitative estimate of drug-likeness (QED) is 0.723. The number of piperazine rings is 1. The highest BCUT2D eigenvalue weighted by Crippen LogP contribution is 2.40. The van der Waals surface area contributed by atoms with Crippen molar-refractivity contribution >= 4 is 24.8 Å². The van der Waals surface area contributed by atoms with Gasteiger partial charge >= 0.3 is 6.18 Å². The number of alkyl halides is 3. The van der Waals surface area contributed by atoms with Gasteiger partial charge in [-0.25, -0.2) is 0 Å². The van der Waals surface area contributed by atoms with Gasteiger partial charge in [-0.2, -0.15) is 13.2 Å². The molecule has 0 aromatic heterocycles. The molecule has 1 fully saturated rings. The van der Waals surface area contributed by atoms with E-state index in [0.29, 0.717) is 26.2 Å². The molecule has 1 heterocycles. The summed E-state index contributed by atoms with van der Waals surface area (Å²) >= 11 is 0. The van der Waals surface area contributed by atoms with Gasteiger partial charge in [0.25, 0.3) is 0 Å². The van der Waals surface area contributed by atoms with Crippen molar-refractivity contribution in [3.8, 4) is 11.5 Å². The number of phenols is 2. The summed E-state index contributed by atoms with van der Waals surface area (Å²) in [6.07, 6.45) is -5.39. The zero-order valence-corrected chi connectivity index (χ0v) is 13.3. The molecule has 0 saturated carbocycles. The lowest BCUT2D eigenvalue weighted by atomic mass is 9.99. The number of para-hydroxylation sites is 1. The van der Waals surface area contributed by atoms with E-state index in [1.165, 1.54) is 18.2 Å². The van der Waals surface area contributed by atoms with Gasteiger partial charge in [-0.1, -0.05) is 12.1 Å². The zero-order chi connectivity index (χ0) is 14.8. The average molecular weight is 363 g/mol. The van der Waals surface area contributed by atoms with Crippen LogP contribution in [0.1, 0.15) is 18.0 Å². The van der Waals surface area contributed by atoms with Crippen molar-refractivity contribution in [1.82, 2.24) is 10.2 Å². The fraction of sp³-hybridized carbons (Fsp3) is 0.538. The molecule has 0 spiro atoms. The lowest BCUT2D eigenvalue weighted by Gasteiger charge is -2.35. The molecule has 0 aliphatic carbocycles. The Balaban J connectivity index is 0.00000220. The molecule has 1 saturated heterocycles. The Morgan fingerprint density at radius 3 is 2.27 bits per heavy atom. The van der Waals surface area contributed by atoms with Crippen molar-refractivity contribution in [2.24, 2.45) is 0 Å². The third-order valence-electron chi connectivity index (χ3n) is 3.42. The topological polar surface area (TPSA) is 55.7 Å². The van der Waals surface area contributed by atoms with Crippen molar-refractivity contribution in [3.05, 3.63) is 23.8 Å². The van der Waals surface area contributed by atoms with Gasteiger partial charge in [0.1, 0.15) is 0 Å². The molecule has 1 aromatic rings. The number of aromatic hydroxyl groups is 2. The van der Waals surface area contributed by atoms with Crippen molar-refractivity contribution in [2.75, 3.05) is 26.2 Å². The standard InChI is InChI=1S/C13H17F3N2O2.2ClH/c14-13(15,16)8-10(18-6-4-17-5-7-18)9-2-1-3-11(19)12(9)20;;/h1-3,10,17,19-20H,4-8H2;2*1H/t10-;;/m1../s1. The summed E-state index contributed by atoms with van der Waals surface area (Å²) in [6.45, 7) is 2.15. The maximum Gasteiger partial charge on any atom is 0.390 e. The molecule has 128 valence electrons. The van der Waals surface area contributed by atoms with E-state index in [1.807, 2.05) is 0 Å². The van der Waals surface area contributed by atoms with Crippen LogP contribution in [-0.4, -0.2) is 47.5 Å². The van der Waals surface area contributed by atoms with Crippen LogP contribution in [0.25, 0.3) is 0 Å². The maximum absolute atomic E-state index is 12.8. The zero-order valence-electron chi connectivity index (χ0n) is 11.6. The van der Waals surface area contributed by atoms with Crippen LogP contribution in [0, 0.1) is 0 Å². The van der Waals surface area contributed by atoms with E-state index in [4.69, 9.17) is 0 Å². The molecular formula is C13H19Cl2F3N2O2. The van der Waals surface area contributed by atoms with Gasteiger partial charge in [-0.3, -0.25) is 4.90 Å². The second-order valence-corrected chi connectivity index (χ2v) is 4.84. The van der Waals surface area contributed by atoms with Crippen LogP contribution in [0.5, 0.6) is 11.5 Å². The van der Waals surface area contributed by atoms with Crippen LogP contribution < -0.4 is 5.32 Å². The first-order valence-electron chi connectivity index (χ1n) is 6.41. The van der Waals surface area contributed by atoms with Crippen LogP contribution in [0.2, 0.25) is 0 Å². The predicted octanol–water partition coefficient (Wildman–Crippen LogP) is 2.84. The van der Waals surface area contributed by atoms with Gasteiger partial charge in [0.2, 0.25) is 0 Å². The number of nitrogens with one attached hydrogen (secondary N) is 1.